The molecule has 1 amide bonds. The molecule has 2 aliphatic heterocycles. The maximum atomic E-state index is 13.7. The number of carbonyl (C=O) groups excluding carboxylic acids is 1. The quantitative estimate of drug-likeness (QED) is 0.509. The lowest BCUT2D eigenvalue weighted by molar-refractivity contribution is -0.138. The smallest absolute Gasteiger partial charge is 0.379 e. The minimum atomic E-state index is -4.82. The molecule has 0 saturated carbocycles. The Labute approximate surface area is 212 Å². The third-order valence-corrected chi connectivity index (χ3v) is 6.77. The predicted octanol–water partition coefficient (Wildman–Crippen LogP) is 2.70. The maximum absolute atomic E-state index is 13.7. The van der Waals surface area contributed by atoms with Crippen molar-refractivity contribution in [3.63, 3.8) is 0 Å². The minimum absolute atomic E-state index is 0.00946. The molecule has 0 bridgehead atoms. The van der Waals surface area contributed by atoms with Crippen LogP contribution in [0.25, 0.3) is 0 Å². The summed E-state index contributed by atoms with van der Waals surface area (Å²) in [6.07, 6.45) is -2.56. The van der Waals surface area contributed by atoms with E-state index in [2.05, 4.69) is 10.00 Å². The van der Waals surface area contributed by atoms with Crippen molar-refractivity contribution in [3.8, 4) is 6.07 Å². The van der Waals surface area contributed by atoms with E-state index in [0.29, 0.717) is 19.7 Å². The Bertz CT molecular complexity index is 1190. The average molecular weight is 519 g/mol. The highest BCUT2D eigenvalue weighted by molar-refractivity contribution is 5.76. The van der Waals surface area contributed by atoms with Crippen molar-refractivity contribution in [1.82, 2.24) is 20.0 Å². The highest BCUT2D eigenvalue weighted by Crippen LogP contribution is 2.42. The monoisotopic (exact) mass is 518 g/mol. The summed E-state index contributed by atoms with van der Waals surface area (Å²) >= 11 is 0. The number of nitrogens with one attached hydrogen (secondary N) is 1. The number of rotatable bonds is 9. The molecule has 1 aromatic heterocycles. The van der Waals surface area contributed by atoms with E-state index < -0.39 is 23.3 Å². The second-order valence-electron chi connectivity index (χ2n) is 9.11. The van der Waals surface area contributed by atoms with Crippen LogP contribution in [0, 0.1) is 11.3 Å². The van der Waals surface area contributed by atoms with E-state index in [9.17, 15) is 22.8 Å². The molecule has 1 saturated heterocycles. The molecule has 0 unspecified atom stereocenters. The maximum Gasteiger partial charge on any atom is 0.423 e. The minimum Gasteiger partial charge on any atom is -0.379 e. The number of anilines is 1. The first kappa shape index (κ1) is 26.6. The van der Waals surface area contributed by atoms with Gasteiger partial charge in [-0.3, -0.25) is 14.5 Å². The predicted molar refractivity (Wildman–Crippen MR) is 129 cm³/mol. The first-order chi connectivity index (χ1) is 17.8. The number of piperazine rings is 1. The molecule has 4 rings (SSSR count). The summed E-state index contributed by atoms with van der Waals surface area (Å²) in [6, 6.07) is 8.91. The molecular formula is C25H29F3N6O3. The fourth-order valence-corrected chi connectivity index (χ4v) is 4.91. The number of nitriles is 1. The number of benzene rings is 1. The summed E-state index contributed by atoms with van der Waals surface area (Å²) in [5, 5.41) is 14.2. The average Bonchev–Trinajstić information content (AvgIpc) is 3.25. The third-order valence-electron chi connectivity index (χ3n) is 6.77. The summed E-state index contributed by atoms with van der Waals surface area (Å²) < 4.78 is 47.1. The summed E-state index contributed by atoms with van der Waals surface area (Å²) in [6.45, 7) is 4.35. The number of hydrogen-bond acceptors (Lipinski definition) is 7. The number of H-pyrrole nitrogens is 1. The first-order valence-electron chi connectivity index (χ1n) is 12.2. The van der Waals surface area contributed by atoms with E-state index in [1.54, 1.807) is 4.90 Å². The summed E-state index contributed by atoms with van der Waals surface area (Å²) in [7, 11) is 0. The molecule has 198 valence electrons. The summed E-state index contributed by atoms with van der Waals surface area (Å²) in [5.41, 5.74) is -1.04. The number of ether oxygens (including phenoxy) is 1. The van der Waals surface area contributed by atoms with Crippen molar-refractivity contribution >= 4 is 11.6 Å². The molecule has 37 heavy (non-hydrogen) atoms. The van der Waals surface area contributed by atoms with Gasteiger partial charge < -0.3 is 14.5 Å². The number of alkyl halides is 3. The lowest BCUT2D eigenvalue weighted by Gasteiger charge is -2.34. The molecule has 1 fully saturated rings. The highest BCUT2D eigenvalue weighted by atomic mass is 19.4. The third kappa shape index (κ3) is 6.29. The van der Waals surface area contributed by atoms with Crippen LogP contribution < -0.4 is 10.5 Å². The molecule has 0 spiro atoms. The molecule has 1 aromatic carbocycles. The van der Waals surface area contributed by atoms with Crippen LogP contribution in [0.2, 0.25) is 0 Å². The molecular weight excluding hydrogens is 489 g/mol. The number of nitrogens with zero attached hydrogens (tertiary/aromatic N) is 5. The van der Waals surface area contributed by atoms with Gasteiger partial charge in [0.2, 0.25) is 5.91 Å². The Morgan fingerprint density at radius 1 is 1.22 bits per heavy atom. The number of amides is 1. The van der Waals surface area contributed by atoms with Gasteiger partial charge in [0.05, 0.1) is 30.6 Å². The number of halogens is 3. The van der Waals surface area contributed by atoms with E-state index >= 15 is 0 Å². The molecule has 12 heteroatoms. The Kier molecular flexibility index (Phi) is 8.45. The van der Waals surface area contributed by atoms with E-state index in [0.717, 1.165) is 43.4 Å². The van der Waals surface area contributed by atoms with Gasteiger partial charge in [0.1, 0.15) is 5.56 Å². The fourth-order valence-electron chi connectivity index (χ4n) is 4.91. The van der Waals surface area contributed by atoms with E-state index in [4.69, 9.17) is 10.00 Å². The number of hydrogen-bond donors (Lipinski definition) is 1. The number of carbonyl (C=O) groups is 1. The Balaban J connectivity index is 1.33. The zero-order valence-corrected chi connectivity index (χ0v) is 20.3. The molecule has 0 radical (unpaired) electrons. The van der Waals surface area contributed by atoms with Gasteiger partial charge in [-0.15, -0.1) is 0 Å². The summed E-state index contributed by atoms with van der Waals surface area (Å²) in [5.74, 6) is 0.00946. The number of aromatic nitrogens is 2. The van der Waals surface area contributed by atoms with Gasteiger partial charge in [-0.25, -0.2) is 5.10 Å². The Morgan fingerprint density at radius 2 is 1.97 bits per heavy atom. The molecule has 1 atom stereocenters. The zero-order valence-electron chi connectivity index (χ0n) is 20.3. The van der Waals surface area contributed by atoms with Gasteiger partial charge in [0, 0.05) is 58.7 Å². The summed E-state index contributed by atoms with van der Waals surface area (Å²) in [4.78, 5) is 29.7. The van der Waals surface area contributed by atoms with E-state index in [1.807, 2.05) is 35.4 Å². The van der Waals surface area contributed by atoms with Crippen LogP contribution in [0.5, 0.6) is 0 Å². The van der Waals surface area contributed by atoms with Crippen molar-refractivity contribution in [3.05, 3.63) is 57.5 Å². The molecule has 2 aliphatic rings. The molecule has 3 heterocycles. The van der Waals surface area contributed by atoms with Gasteiger partial charge in [-0.05, 0) is 17.5 Å². The van der Waals surface area contributed by atoms with E-state index in [-0.39, 0.29) is 37.6 Å². The van der Waals surface area contributed by atoms with Crippen LogP contribution in [-0.4, -0.2) is 71.8 Å². The lowest BCUT2D eigenvalue weighted by atomic mass is 10.1. The van der Waals surface area contributed by atoms with Crippen LogP contribution in [0.15, 0.2) is 35.3 Å². The van der Waals surface area contributed by atoms with Gasteiger partial charge in [0.25, 0.3) is 5.56 Å². The van der Waals surface area contributed by atoms with Gasteiger partial charge >= 0.3 is 6.18 Å². The normalized spacial score (nSPS) is 18.1. The van der Waals surface area contributed by atoms with Crippen LogP contribution in [-0.2, 0) is 22.3 Å². The molecule has 1 N–H and O–H groups in total. The number of aromatic amines is 1. The lowest BCUT2D eigenvalue weighted by Crippen LogP contribution is -2.48. The fraction of sp³-hybridized carbons (Fsp3) is 0.520. The van der Waals surface area contributed by atoms with Crippen LogP contribution in [0.4, 0.5) is 18.9 Å². The topological polar surface area (TPSA) is 106 Å². The standard InChI is InChI=1S/C25H29F3N6O3/c26-25(27,28)23-20(15-30-31-24(23)36)34-16-18-5-1-2-6-19(18)21(34)17-37-14-4-9-32-10-12-33(13-11-32)22(35)7-3-8-29/h1-2,5-6,15,21H,3-4,7,9-14,16-17H2,(H,31,36)/t21-/m1/s1. The van der Waals surface area contributed by atoms with Gasteiger partial charge in [-0.1, -0.05) is 24.3 Å². The molecule has 0 aliphatic carbocycles. The van der Waals surface area contributed by atoms with Crippen LogP contribution in [0.1, 0.15) is 42.0 Å². The molecule has 2 aromatic rings. The SMILES string of the molecule is N#CCCC(=O)N1CCN(CCCOC[C@@H]2c3ccccc3CN2c2cn[nH]c(=O)c2C(F)(F)F)CC1. The Morgan fingerprint density at radius 3 is 2.70 bits per heavy atom. The van der Waals surface area contributed by atoms with Crippen molar-refractivity contribution in [1.29, 1.82) is 5.26 Å². The van der Waals surface area contributed by atoms with Crippen molar-refractivity contribution in [2.24, 2.45) is 0 Å². The van der Waals surface area contributed by atoms with Gasteiger partial charge in [-0.2, -0.15) is 23.5 Å². The second kappa shape index (κ2) is 11.7. The molecule has 9 nitrogen and oxygen atoms in total. The van der Waals surface area contributed by atoms with Crippen LogP contribution in [0.3, 0.4) is 0 Å². The van der Waals surface area contributed by atoms with E-state index in [1.165, 1.54) is 4.90 Å². The zero-order chi connectivity index (χ0) is 26.4. The Hall–Kier alpha value is -3.43. The van der Waals surface area contributed by atoms with Crippen molar-refractivity contribution < 1.29 is 22.7 Å². The highest BCUT2D eigenvalue weighted by Gasteiger charge is 2.41. The first-order valence-corrected chi connectivity index (χ1v) is 12.2. The number of fused-ring (bicyclic) bond motifs is 1. The van der Waals surface area contributed by atoms with Gasteiger partial charge in [0.15, 0.2) is 0 Å². The largest absolute Gasteiger partial charge is 0.423 e. The second-order valence-corrected chi connectivity index (χ2v) is 9.11. The van der Waals surface area contributed by atoms with Crippen molar-refractivity contribution in [2.75, 3.05) is 50.8 Å². The van der Waals surface area contributed by atoms with Crippen LogP contribution >= 0.6 is 0 Å². The van der Waals surface area contributed by atoms with Crippen molar-refractivity contribution in [2.45, 2.75) is 38.0 Å².